The van der Waals surface area contributed by atoms with E-state index in [9.17, 15) is 0 Å². The van der Waals surface area contributed by atoms with Crippen LogP contribution < -0.4 is 5.73 Å². The lowest BCUT2D eigenvalue weighted by molar-refractivity contribution is 0.318. The first-order chi connectivity index (χ1) is 10.1. The van der Waals surface area contributed by atoms with Crippen molar-refractivity contribution in [3.63, 3.8) is 0 Å². The molecule has 1 aliphatic carbocycles. The summed E-state index contributed by atoms with van der Waals surface area (Å²) in [4.78, 5) is 0. The first kappa shape index (κ1) is 13.7. The Morgan fingerprint density at radius 1 is 1.33 bits per heavy atom. The average molecular weight is 306 g/mol. The van der Waals surface area contributed by atoms with Gasteiger partial charge in [0.15, 0.2) is 5.84 Å². The summed E-state index contributed by atoms with van der Waals surface area (Å²) >= 11 is 1.26. The van der Waals surface area contributed by atoms with Crippen molar-refractivity contribution in [1.29, 1.82) is 0 Å². The van der Waals surface area contributed by atoms with Gasteiger partial charge in [0.1, 0.15) is 5.03 Å². The predicted octanol–water partition coefficient (Wildman–Crippen LogP) is 0.661. The van der Waals surface area contributed by atoms with Gasteiger partial charge in [-0.1, -0.05) is 5.16 Å². The molecule has 0 bridgehead atoms. The summed E-state index contributed by atoms with van der Waals surface area (Å²) < 4.78 is 1.78. The normalized spacial score (nSPS) is 15.4. The minimum absolute atomic E-state index is 0.00144. The Kier molecular flexibility index (Phi) is 3.45. The minimum Gasteiger partial charge on any atom is -0.409 e. The molecular weight excluding hydrogens is 292 g/mol. The summed E-state index contributed by atoms with van der Waals surface area (Å²) in [6, 6.07) is 0.356. The van der Waals surface area contributed by atoms with Gasteiger partial charge < -0.3 is 10.9 Å². The van der Waals surface area contributed by atoms with Crippen molar-refractivity contribution in [3.05, 3.63) is 16.8 Å². The van der Waals surface area contributed by atoms with Crippen molar-refractivity contribution in [2.75, 3.05) is 0 Å². The number of tetrazole rings is 1. The maximum Gasteiger partial charge on any atom is 0.215 e. The van der Waals surface area contributed by atoms with E-state index >= 15 is 0 Å². The number of hydrogen-bond acceptors (Lipinski definition) is 8. The monoisotopic (exact) mass is 306 g/mol. The quantitative estimate of drug-likeness (QED) is 0.365. The van der Waals surface area contributed by atoms with E-state index in [0.29, 0.717) is 21.8 Å². The van der Waals surface area contributed by atoms with E-state index in [1.807, 2.05) is 13.8 Å². The average Bonchev–Trinajstić information content (AvgIpc) is 3.22. The largest absolute Gasteiger partial charge is 0.409 e. The minimum atomic E-state index is -0.00144. The van der Waals surface area contributed by atoms with Crippen LogP contribution >= 0.6 is 11.8 Å². The Labute approximate surface area is 124 Å². The van der Waals surface area contributed by atoms with E-state index in [4.69, 9.17) is 10.9 Å². The molecule has 0 atom stereocenters. The van der Waals surface area contributed by atoms with Crippen LogP contribution in [0.3, 0.4) is 0 Å². The highest BCUT2D eigenvalue weighted by molar-refractivity contribution is 7.99. The molecule has 0 unspecified atom stereocenters. The highest BCUT2D eigenvalue weighted by Crippen LogP contribution is 2.38. The molecule has 2 heterocycles. The molecule has 0 aromatic carbocycles. The molecule has 3 N–H and O–H groups in total. The van der Waals surface area contributed by atoms with E-state index in [1.54, 1.807) is 4.68 Å². The lowest BCUT2D eigenvalue weighted by Gasteiger charge is -2.10. The van der Waals surface area contributed by atoms with E-state index < -0.39 is 0 Å². The summed E-state index contributed by atoms with van der Waals surface area (Å²) in [7, 11) is 0. The van der Waals surface area contributed by atoms with Crippen molar-refractivity contribution >= 4 is 17.6 Å². The predicted molar refractivity (Wildman–Crippen MR) is 74.2 cm³/mol. The summed E-state index contributed by atoms with van der Waals surface area (Å²) in [5.41, 5.74) is 7.86. The van der Waals surface area contributed by atoms with Crippen LogP contribution in [0.5, 0.6) is 0 Å². The van der Waals surface area contributed by atoms with Gasteiger partial charge in [0.05, 0.1) is 17.3 Å². The van der Waals surface area contributed by atoms with Gasteiger partial charge in [-0.25, -0.2) is 4.68 Å². The van der Waals surface area contributed by atoms with E-state index in [0.717, 1.165) is 24.1 Å². The summed E-state index contributed by atoms with van der Waals surface area (Å²) in [5, 5.41) is 33.1. The molecular formula is C11H14N8OS. The van der Waals surface area contributed by atoms with E-state index in [-0.39, 0.29) is 5.84 Å². The van der Waals surface area contributed by atoms with Crippen LogP contribution in [-0.4, -0.2) is 41.4 Å². The van der Waals surface area contributed by atoms with Crippen molar-refractivity contribution in [2.45, 2.75) is 42.9 Å². The van der Waals surface area contributed by atoms with Gasteiger partial charge in [-0.3, -0.25) is 0 Å². The topological polar surface area (TPSA) is 128 Å². The number of oxime groups is 1. The van der Waals surface area contributed by atoms with Crippen LogP contribution in [0.25, 0.3) is 0 Å². The number of nitrogens with zero attached hydrogens (tertiary/aromatic N) is 7. The Morgan fingerprint density at radius 3 is 2.76 bits per heavy atom. The third kappa shape index (κ3) is 2.53. The van der Waals surface area contributed by atoms with Crippen LogP contribution in [0.2, 0.25) is 0 Å². The van der Waals surface area contributed by atoms with Crippen LogP contribution in [0, 0.1) is 13.8 Å². The highest BCUT2D eigenvalue weighted by Gasteiger charge is 2.29. The molecule has 1 saturated carbocycles. The van der Waals surface area contributed by atoms with E-state index in [2.05, 4.69) is 30.9 Å². The maximum atomic E-state index is 8.97. The lowest BCUT2D eigenvalue weighted by atomic mass is 10.1. The number of aromatic nitrogens is 6. The molecule has 0 aliphatic heterocycles. The van der Waals surface area contributed by atoms with Gasteiger partial charge in [-0.05, 0) is 54.4 Å². The first-order valence-electron chi connectivity index (χ1n) is 6.39. The molecule has 0 spiro atoms. The van der Waals surface area contributed by atoms with Crippen LogP contribution in [-0.2, 0) is 0 Å². The molecule has 110 valence electrons. The Balaban J connectivity index is 2.02. The van der Waals surface area contributed by atoms with E-state index in [1.165, 1.54) is 11.8 Å². The van der Waals surface area contributed by atoms with Crippen LogP contribution in [0.1, 0.15) is 35.7 Å². The van der Waals surface area contributed by atoms with Crippen molar-refractivity contribution in [1.82, 2.24) is 30.4 Å². The molecule has 1 aliphatic rings. The number of aryl methyl sites for hydroxylation is 1. The van der Waals surface area contributed by atoms with Gasteiger partial charge >= 0.3 is 0 Å². The van der Waals surface area contributed by atoms with Gasteiger partial charge in [-0.2, -0.15) is 5.10 Å². The molecule has 0 saturated heterocycles. The second-order valence-corrected chi connectivity index (χ2v) is 5.77. The fraction of sp³-hybridized carbons (Fsp3) is 0.455. The number of hydrogen-bond donors (Lipinski definition) is 2. The lowest BCUT2D eigenvalue weighted by Crippen LogP contribution is -2.18. The van der Waals surface area contributed by atoms with Crippen LogP contribution in [0.4, 0.5) is 0 Å². The Morgan fingerprint density at radius 2 is 2.10 bits per heavy atom. The van der Waals surface area contributed by atoms with Crippen molar-refractivity contribution < 1.29 is 5.21 Å². The zero-order valence-electron chi connectivity index (χ0n) is 11.6. The van der Waals surface area contributed by atoms with Crippen molar-refractivity contribution in [2.24, 2.45) is 10.9 Å². The third-order valence-electron chi connectivity index (χ3n) is 3.33. The molecule has 3 rings (SSSR count). The van der Waals surface area contributed by atoms with Gasteiger partial charge in [0.2, 0.25) is 5.16 Å². The molecule has 10 heteroatoms. The number of nitrogens with two attached hydrogens (primary N) is 1. The zero-order chi connectivity index (χ0) is 15.0. The molecule has 2 aromatic rings. The number of rotatable bonds is 4. The third-order valence-corrected chi connectivity index (χ3v) is 4.26. The van der Waals surface area contributed by atoms with Gasteiger partial charge in [0.25, 0.3) is 0 Å². The molecule has 0 amide bonds. The van der Waals surface area contributed by atoms with Gasteiger partial charge in [0, 0.05) is 0 Å². The second-order valence-electron chi connectivity index (χ2n) is 4.82. The van der Waals surface area contributed by atoms with Crippen LogP contribution in [0.15, 0.2) is 15.3 Å². The molecule has 9 nitrogen and oxygen atoms in total. The van der Waals surface area contributed by atoms with Crippen molar-refractivity contribution in [3.8, 4) is 0 Å². The summed E-state index contributed by atoms with van der Waals surface area (Å²) in [6.07, 6.45) is 2.15. The fourth-order valence-electron chi connectivity index (χ4n) is 1.90. The Bertz CT molecular complexity index is 708. The summed E-state index contributed by atoms with van der Waals surface area (Å²) in [6.45, 7) is 3.67. The number of amidine groups is 1. The SMILES string of the molecule is Cc1nnc(Sc2nnnn2C2CC2)c(/C(N)=N/O)c1C. The first-order valence-corrected chi connectivity index (χ1v) is 7.21. The van der Waals surface area contributed by atoms with Gasteiger partial charge in [-0.15, -0.1) is 10.2 Å². The smallest absolute Gasteiger partial charge is 0.215 e. The second kappa shape index (κ2) is 5.28. The highest BCUT2D eigenvalue weighted by atomic mass is 32.2. The molecule has 21 heavy (non-hydrogen) atoms. The molecule has 2 aromatic heterocycles. The maximum absolute atomic E-state index is 8.97. The standard InChI is InChI=1S/C11H14N8OS/c1-5-6(2)13-14-10(8(5)9(12)16-20)21-11-15-17-18-19(11)7-3-4-7/h7,20H,3-4H2,1-2H3,(H2,12,16). The molecule has 0 radical (unpaired) electrons. The Hall–Kier alpha value is -2.23. The summed E-state index contributed by atoms with van der Waals surface area (Å²) in [5.74, 6) is -0.00144. The zero-order valence-corrected chi connectivity index (χ0v) is 12.4. The molecule has 1 fully saturated rings. The fourth-order valence-corrected chi connectivity index (χ4v) is 2.87.